The van der Waals surface area contributed by atoms with Crippen LogP contribution in [0.1, 0.15) is 45.8 Å². The summed E-state index contributed by atoms with van der Waals surface area (Å²) in [6, 6.07) is 13.1. The van der Waals surface area contributed by atoms with Crippen LogP contribution in [0.3, 0.4) is 0 Å². The summed E-state index contributed by atoms with van der Waals surface area (Å²) in [5.41, 5.74) is 0.661. The third kappa shape index (κ3) is 3.91. The van der Waals surface area contributed by atoms with Crippen LogP contribution in [0, 0.1) is 0 Å². The second-order valence-electron chi connectivity index (χ2n) is 6.04. The van der Waals surface area contributed by atoms with E-state index in [2.05, 4.69) is 5.32 Å². The van der Waals surface area contributed by atoms with E-state index in [-0.39, 0.29) is 23.7 Å². The van der Waals surface area contributed by atoms with Crippen LogP contribution in [0.4, 0.5) is 0 Å². The van der Waals surface area contributed by atoms with Crippen molar-refractivity contribution in [3.05, 3.63) is 57.8 Å². The number of thiophene rings is 1. The molecule has 1 aliphatic rings. The highest BCUT2D eigenvalue weighted by Gasteiger charge is 2.23. The molecule has 2 unspecified atom stereocenters. The summed E-state index contributed by atoms with van der Waals surface area (Å²) in [5.74, 6) is -0.597. The van der Waals surface area contributed by atoms with Crippen molar-refractivity contribution in [1.82, 2.24) is 5.32 Å². The third-order valence-corrected chi connectivity index (χ3v) is 5.52. The van der Waals surface area contributed by atoms with Gasteiger partial charge in [0.05, 0.1) is 10.8 Å². The maximum absolute atomic E-state index is 12.4. The lowest BCUT2D eigenvalue weighted by Gasteiger charge is -2.13. The SMILES string of the molecule is CC(C(=O)OCC1CCCN1)c1ccc(C(=O)c2ccccc2)s1. The van der Waals surface area contributed by atoms with Gasteiger partial charge in [-0.25, -0.2) is 0 Å². The van der Waals surface area contributed by atoms with Crippen LogP contribution in [-0.4, -0.2) is 30.9 Å². The zero-order valence-corrected chi connectivity index (χ0v) is 14.5. The van der Waals surface area contributed by atoms with Gasteiger partial charge >= 0.3 is 5.97 Å². The Morgan fingerprint density at radius 1 is 1.25 bits per heavy atom. The number of nitrogens with one attached hydrogen (secondary N) is 1. The summed E-state index contributed by atoms with van der Waals surface area (Å²) in [4.78, 5) is 26.2. The van der Waals surface area contributed by atoms with Crippen LogP contribution in [-0.2, 0) is 9.53 Å². The fraction of sp³-hybridized carbons (Fsp3) is 0.368. The van der Waals surface area contributed by atoms with E-state index in [1.807, 2.05) is 31.2 Å². The topological polar surface area (TPSA) is 55.4 Å². The minimum Gasteiger partial charge on any atom is -0.464 e. The number of carbonyl (C=O) groups excluding carboxylic acids is 2. The van der Waals surface area contributed by atoms with E-state index in [4.69, 9.17) is 4.74 Å². The Morgan fingerprint density at radius 3 is 2.75 bits per heavy atom. The first-order valence-corrected chi connectivity index (χ1v) is 9.06. The molecule has 1 aliphatic heterocycles. The van der Waals surface area contributed by atoms with Crippen LogP contribution < -0.4 is 5.32 Å². The Balaban J connectivity index is 1.61. The molecule has 2 heterocycles. The number of hydrogen-bond acceptors (Lipinski definition) is 5. The summed E-state index contributed by atoms with van der Waals surface area (Å²) in [6.07, 6.45) is 2.18. The normalized spacial score (nSPS) is 18.3. The van der Waals surface area contributed by atoms with Crippen molar-refractivity contribution in [3.63, 3.8) is 0 Å². The molecule has 2 aromatic rings. The Hall–Kier alpha value is -1.98. The smallest absolute Gasteiger partial charge is 0.314 e. The first-order valence-electron chi connectivity index (χ1n) is 8.24. The van der Waals surface area contributed by atoms with Crippen LogP contribution in [0.25, 0.3) is 0 Å². The van der Waals surface area contributed by atoms with Crippen LogP contribution in [0.15, 0.2) is 42.5 Å². The average Bonchev–Trinajstić information content (AvgIpc) is 3.30. The van der Waals surface area contributed by atoms with Gasteiger partial charge in [0, 0.05) is 16.5 Å². The highest BCUT2D eigenvalue weighted by molar-refractivity contribution is 7.14. The standard InChI is InChI=1S/C19H21NO3S/c1-13(19(22)23-12-15-8-5-11-20-15)16-9-10-17(24-16)18(21)14-6-3-2-4-7-14/h2-4,6-7,9-10,13,15,20H,5,8,11-12H2,1H3. The van der Waals surface area contributed by atoms with E-state index >= 15 is 0 Å². The molecule has 0 aliphatic carbocycles. The van der Waals surface area contributed by atoms with Gasteiger partial charge in [-0.05, 0) is 38.4 Å². The largest absolute Gasteiger partial charge is 0.464 e. The molecule has 0 radical (unpaired) electrons. The van der Waals surface area contributed by atoms with Gasteiger partial charge < -0.3 is 10.1 Å². The Bertz CT molecular complexity index is 704. The van der Waals surface area contributed by atoms with Crippen LogP contribution in [0.2, 0.25) is 0 Å². The summed E-state index contributed by atoms with van der Waals surface area (Å²) in [6.45, 7) is 3.24. The van der Waals surface area contributed by atoms with Gasteiger partial charge in [-0.3, -0.25) is 9.59 Å². The number of esters is 1. The fourth-order valence-electron chi connectivity index (χ4n) is 2.76. The molecule has 1 aromatic carbocycles. The molecule has 4 nitrogen and oxygen atoms in total. The maximum atomic E-state index is 12.4. The predicted molar refractivity (Wildman–Crippen MR) is 94.6 cm³/mol. The van der Waals surface area contributed by atoms with Gasteiger partial charge in [-0.1, -0.05) is 30.3 Å². The van der Waals surface area contributed by atoms with E-state index in [0.717, 1.165) is 24.3 Å². The first kappa shape index (κ1) is 16.9. The lowest BCUT2D eigenvalue weighted by Crippen LogP contribution is -2.29. The summed E-state index contributed by atoms with van der Waals surface area (Å²) < 4.78 is 5.42. The third-order valence-electron chi connectivity index (χ3n) is 4.26. The number of ketones is 1. The van der Waals surface area contributed by atoms with Crippen molar-refractivity contribution >= 4 is 23.1 Å². The zero-order valence-electron chi connectivity index (χ0n) is 13.7. The molecule has 24 heavy (non-hydrogen) atoms. The molecule has 0 amide bonds. The van der Waals surface area contributed by atoms with Gasteiger partial charge in [0.15, 0.2) is 0 Å². The molecule has 0 bridgehead atoms. The quantitative estimate of drug-likeness (QED) is 0.645. The Labute approximate surface area is 145 Å². The molecule has 1 aromatic heterocycles. The van der Waals surface area contributed by atoms with Crippen molar-refractivity contribution in [2.24, 2.45) is 0 Å². The molecule has 1 saturated heterocycles. The van der Waals surface area contributed by atoms with Crippen molar-refractivity contribution in [2.45, 2.75) is 31.7 Å². The lowest BCUT2D eigenvalue weighted by molar-refractivity contribution is -0.145. The Kier molecular flexibility index (Phi) is 5.43. The number of rotatable bonds is 6. The van der Waals surface area contributed by atoms with Crippen molar-refractivity contribution in [1.29, 1.82) is 0 Å². The summed E-state index contributed by atoms with van der Waals surface area (Å²) >= 11 is 1.36. The van der Waals surface area contributed by atoms with Gasteiger partial charge in [0.1, 0.15) is 6.61 Å². The van der Waals surface area contributed by atoms with Crippen molar-refractivity contribution in [2.75, 3.05) is 13.2 Å². The molecule has 2 atom stereocenters. The first-order chi connectivity index (χ1) is 11.6. The summed E-state index contributed by atoms with van der Waals surface area (Å²) in [7, 11) is 0. The molecule has 3 rings (SSSR count). The van der Waals surface area contributed by atoms with Crippen molar-refractivity contribution < 1.29 is 14.3 Å². The molecule has 5 heteroatoms. The second kappa shape index (κ2) is 7.73. The minimum absolute atomic E-state index is 0.0115. The second-order valence-corrected chi connectivity index (χ2v) is 7.16. The van der Waals surface area contributed by atoms with E-state index in [9.17, 15) is 9.59 Å². The predicted octanol–water partition coefficient (Wildman–Crippen LogP) is 3.38. The van der Waals surface area contributed by atoms with Gasteiger partial charge in [-0.2, -0.15) is 0 Å². The molecule has 0 spiro atoms. The van der Waals surface area contributed by atoms with Crippen LogP contribution in [0.5, 0.6) is 0 Å². The number of benzene rings is 1. The Morgan fingerprint density at radius 2 is 2.04 bits per heavy atom. The highest BCUT2D eigenvalue weighted by atomic mass is 32.1. The monoisotopic (exact) mass is 343 g/mol. The zero-order chi connectivity index (χ0) is 16.9. The van der Waals surface area contributed by atoms with Gasteiger partial charge in [-0.15, -0.1) is 11.3 Å². The number of ether oxygens (including phenoxy) is 1. The summed E-state index contributed by atoms with van der Waals surface area (Å²) in [5, 5.41) is 3.31. The molecule has 0 saturated carbocycles. The molecule has 1 N–H and O–H groups in total. The molecular formula is C19H21NO3S. The molecule has 1 fully saturated rings. The number of hydrogen-bond donors (Lipinski definition) is 1. The fourth-order valence-corrected chi connectivity index (χ4v) is 3.77. The lowest BCUT2D eigenvalue weighted by atomic mass is 10.1. The van der Waals surface area contributed by atoms with Crippen molar-refractivity contribution in [3.8, 4) is 0 Å². The molecular weight excluding hydrogens is 322 g/mol. The number of carbonyl (C=O) groups is 2. The van der Waals surface area contributed by atoms with E-state index in [1.165, 1.54) is 11.3 Å². The maximum Gasteiger partial charge on any atom is 0.314 e. The van der Waals surface area contributed by atoms with Gasteiger partial charge in [0.25, 0.3) is 0 Å². The van der Waals surface area contributed by atoms with E-state index < -0.39 is 0 Å². The van der Waals surface area contributed by atoms with E-state index in [0.29, 0.717) is 17.0 Å². The van der Waals surface area contributed by atoms with Gasteiger partial charge in [0.2, 0.25) is 5.78 Å². The minimum atomic E-state index is -0.353. The molecule has 126 valence electrons. The van der Waals surface area contributed by atoms with E-state index in [1.54, 1.807) is 18.2 Å². The van der Waals surface area contributed by atoms with Crippen LogP contribution >= 0.6 is 11.3 Å². The average molecular weight is 343 g/mol. The highest BCUT2D eigenvalue weighted by Crippen LogP contribution is 2.27.